The quantitative estimate of drug-likeness (QED) is 0.804. The Labute approximate surface area is 87.7 Å². The molecular formula is C11H15F2NO. The molecule has 0 aliphatic heterocycles. The first kappa shape index (κ1) is 12.1. The largest absolute Gasteiger partial charge is 0.392 e. The lowest BCUT2D eigenvalue weighted by Crippen LogP contribution is -2.26. The molecule has 15 heavy (non-hydrogen) atoms. The summed E-state index contributed by atoms with van der Waals surface area (Å²) in [6.07, 6.45) is -0.214. The summed E-state index contributed by atoms with van der Waals surface area (Å²) >= 11 is 0. The highest BCUT2D eigenvalue weighted by Gasteiger charge is 2.21. The molecule has 2 atom stereocenters. The highest BCUT2D eigenvalue weighted by molar-refractivity contribution is 5.24. The molecule has 0 heterocycles. The van der Waals surface area contributed by atoms with Gasteiger partial charge in [-0.05, 0) is 18.1 Å². The molecular weight excluding hydrogens is 200 g/mol. The zero-order chi connectivity index (χ0) is 11.4. The van der Waals surface area contributed by atoms with E-state index in [2.05, 4.69) is 0 Å². The van der Waals surface area contributed by atoms with Gasteiger partial charge in [-0.2, -0.15) is 0 Å². The molecule has 0 spiro atoms. The van der Waals surface area contributed by atoms with Gasteiger partial charge < -0.3 is 10.8 Å². The zero-order valence-electron chi connectivity index (χ0n) is 8.58. The van der Waals surface area contributed by atoms with Crippen LogP contribution in [0.2, 0.25) is 0 Å². The number of aliphatic hydroxyl groups is 1. The van der Waals surface area contributed by atoms with E-state index in [9.17, 15) is 13.9 Å². The smallest absolute Gasteiger partial charge is 0.129 e. The van der Waals surface area contributed by atoms with Crippen LogP contribution in [0, 0.1) is 11.6 Å². The Bertz CT molecular complexity index is 330. The molecule has 0 saturated carbocycles. The fourth-order valence-corrected chi connectivity index (χ4v) is 1.58. The van der Waals surface area contributed by atoms with Crippen LogP contribution in [0.4, 0.5) is 8.78 Å². The van der Waals surface area contributed by atoms with Crippen molar-refractivity contribution in [2.24, 2.45) is 5.73 Å². The third-order valence-corrected chi connectivity index (χ3v) is 2.50. The highest BCUT2D eigenvalue weighted by atomic mass is 19.1. The maximum Gasteiger partial charge on any atom is 0.129 e. The second-order valence-corrected chi connectivity index (χ2v) is 3.48. The van der Waals surface area contributed by atoms with Crippen LogP contribution >= 0.6 is 0 Å². The minimum atomic E-state index is -0.699. The molecule has 0 amide bonds. The van der Waals surface area contributed by atoms with Gasteiger partial charge in [0, 0.05) is 18.5 Å². The predicted molar refractivity (Wildman–Crippen MR) is 54.5 cm³/mol. The van der Waals surface area contributed by atoms with Crippen LogP contribution in [0.25, 0.3) is 0 Å². The van der Waals surface area contributed by atoms with E-state index in [-0.39, 0.29) is 12.1 Å². The monoisotopic (exact) mass is 215 g/mol. The Morgan fingerprint density at radius 3 is 2.53 bits per heavy atom. The maximum absolute atomic E-state index is 13.4. The molecule has 0 radical (unpaired) electrons. The topological polar surface area (TPSA) is 46.2 Å². The number of aliphatic hydroxyl groups excluding tert-OH is 1. The van der Waals surface area contributed by atoms with E-state index < -0.39 is 23.7 Å². The van der Waals surface area contributed by atoms with E-state index in [1.165, 1.54) is 12.1 Å². The van der Waals surface area contributed by atoms with Crippen LogP contribution in [0.5, 0.6) is 0 Å². The lowest BCUT2D eigenvalue weighted by atomic mass is 9.91. The standard InChI is InChI=1S/C11H15F2NO/c1-2-11(15)9(6-14)8-4-3-7(12)5-10(8)13/h3-5,9,11,15H,2,6,14H2,1H3. The summed E-state index contributed by atoms with van der Waals surface area (Å²) in [5, 5.41) is 9.62. The van der Waals surface area contributed by atoms with Gasteiger partial charge in [-0.3, -0.25) is 0 Å². The Morgan fingerprint density at radius 1 is 1.40 bits per heavy atom. The number of rotatable bonds is 4. The van der Waals surface area contributed by atoms with Gasteiger partial charge in [-0.15, -0.1) is 0 Å². The molecule has 0 saturated heterocycles. The van der Waals surface area contributed by atoms with E-state index in [4.69, 9.17) is 5.73 Å². The SMILES string of the molecule is CCC(O)C(CN)c1ccc(F)cc1F. The van der Waals surface area contributed by atoms with Crippen molar-refractivity contribution in [2.75, 3.05) is 6.54 Å². The Kier molecular flexibility index (Phi) is 4.17. The fraction of sp³-hybridized carbons (Fsp3) is 0.455. The van der Waals surface area contributed by atoms with Crippen molar-refractivity contribution in [3.8, 4) is 0 Å². The Hall–Kier alpha value is -1.00. The Morgan fingerprint density at radius 2 is 2.07 bits per heavy atom. The van der Waals surface area contributed by atoms with Gasteiger partial charge in [0.1, 0.15) is 11.6 Å². The van der Waals surface area contributed by atoms with E-state index >= 15 is 0 Å². The molecule has 0 bridgehead atoms. The highest BCUT2D eigenvalue weighted by Crippen LogP contribution is 2.23. The zero-order valence-corrected chi connectivity index (χ0v) is 8.58. The van der Waals surface area contributed by atoms with Gasteiger partial charge in [0.15, 0.2) is 0 Å². The van der Waals surface area contributed by atoms with Gasteiger partial charge in [-0.25, -0.2) is 8.78 Å². The molecule has 3 N–H and O–H groups in total. The molecule has 0 fully saturated rings. The average Bonchev–Trinajstić information content (AvgIpc) is 2.21. The summed E-state index contributed by atoms with van der Waals surface area (Å²) in [5.41, 5.74) is 5.74. The second kappa shape index (κ2) is 5.19. The minimum Gasteiger partial charge on any atom is -0.392 e. The molecule has 0 aromatic heterocycles. The van der Waals surface area contributed by atoms with E-state index in [1.807, 2.05) is 0 Å². The van der Waals surface area contributed by atoms with E-state index in [0.717, 1.165) is 6.07 Å². The summed E-state index contributed by atoms with van der Waals surface area (Å²) in [7, 11) is 0. The van der Waals surface area contributed by atoms with Crippen molar-refractivity contribution < 1.29 is 13.9 Å². The molecule has 0 aliphatic carbocycles. The number of benzene rings is 1. The fourth-order valence-electron chi connectivity index (χ4n) is 1.58. The first-order chi connectivity index (χ1) is 7.10. The van der Waals surface area contributed by atoms with Crippen LogP contribution in [-0.2, 0) is 0 Å². The third kappa shape index (κ3) is 2.73. The van der Waals surface area contributed by atoms with Crippen molar-refractivity contribution >= 4 is 0 Å². The van der Waals surface area contributed by atoms with Crippen LogP contribution in [0.1, 0.15) is 24.8 Å². The van der Waals surface area contributed by atoms with E-state index in [0.29, 0.717) is 6.42 Å². The number of nitrogens with two attached hydrogens (primary N) is 1. The molecule has 2 unspecified atom stereocenters. The summed E-state index contributed by atoms with van der Waals surface area (Å²) in [5.74, 6) is -1.76. The lowest BCUT2D eigenvalue weighted by Gasteiger charge is -2.21. The molecule has 84 valence electrons. The first-order valence-electron chi connectivity index (χ1n) is 4.93. The lowest BCUT2D eigenvalue weighted by molar-refractivity contribution is 0.139. The molecule has 0 aliphatic rings. The normalized spacial score (nSPS) is 15.0. The van der Waals surface area contributed by atoms with Crippen LogP contribution < -0.4 is 5.73 Å². The summed E-state index contributed by atoms with van der Waals surface area (Å²) < 4.78 is 26.0. The van der Waals surface area contributed by atoms with Gasteiger partial charge in [0.2, 0.25) is 0 Å². The van der Waals surface area contributed by atoms with Crippen molar-refractivity contribution in [1.82, 2.24) is 0 Å². The Balaban J connectivity index is 3.01. The number of hydrogen-bond acceptors (Lipinski definition) is 2. The van der Waals surface area contributed by atoms with Gasteiger partial charge in [0.05, 0.1) is 6.10 Å². The van der Waals surface area contributed by atoms with E-state index in [1.54, 1.807) is 6.92 Å². The molecule has 2 nitrogen and oxygen atoms in total. The minimum absolute atomic E-state index is 0.136. The van der Waals surface area contributed by atoms with Gasteiger partial charge in [0.25, 0.3) is 0 Å². The van der Waals surface area contributed by atoms with Crippen molar-refractivity contribution in [2.45, 2.75) is 25.4 Å². The summed E-state index contributed by atoms with van der Waals surface area (Å²) in [6.45, 7) is 1.92. The van der Waals surface area contributed by atoms with Crippen molar-refractivity contribution in [1.29, 1.82) is 0 Å². The van der Waals surface area contributed by atoms with Crippen LogP contribution in [0.3, 0.4) is 0 Å². The van der Waals surface area contributed by atoms with Gasteiger partial charge >= 0.3 is 0 Å². The molecule has 1 rings (SSSR count). The molecule has 1 aromatic carbocycles. The number of halogens is 2. The molecule has 1 aromatic rings. The maximum atomic E-state index is 13.4. The van der Waals surface area contributed by atoms with Gasteiger partial charge in [-0.1, -0.05) is 13.0 Å². The predicted octanol–water partition coefficient (Wildman–Crippen LogP) is 1.78. The summed E-state index contributed by atoms with van der Waals surface area (Å²) in [4.78, 5) is 0. The van der Waals surface area contributed by atoms with Crippen LogP contribution in [0.15, 0.2) is 18.2 Å². The average molecular weight is 215 g/mol. The first-order valence-corrected chi connectivity index (χ1v) is 4.93. The molecule has 4 heteroatoms. The van der Waals surface area contributed by atoms with Crippen molar-refractivity contribution in [3.05, 3.63) is 35.4 Å². The van der Waals surface area contributed by atoms with Crippen LogP contribution in [-0.4, -0.2) is 17.8 Å². The van der Waals surface area contributed by atoms with Crippen molar-refractivity contribution in [3.63, 3.8) is 0 Å². The number of hydrogen-bond donors (Lipinski definition) is 2. The third-order valence-electron chi connectivity index (χ3n) is 2.50. The second-order valence-electron chi connectivity index (χ2n) is 3.48. The summed E-state index contributed by atoms with van der Waals surface area (Å²) in [6, 6.07) is 3.31.